The van der Waals surface area contributed by atoms with Gasteiger partial charge in [-0.15, -0.1) is 0 Å². The number of nitrogen functional groups attached to an aromatic ring is 1. The molecular weight excluding hydrogens is 229 g/mol. The van der Waals surface area contributed by atoms with Crippen LogP contribution in [0.25, 0.3) is 0 Å². The lowest BCUT2D eigenvalue weighted by Gasteiger charge is -2.30. The molecule has 1 aliphatic heterocycles. The van der Waals surface area contributed by atoms with Crippen LogP contribution in [0.2, 0.25) is 0 Å². The number of fused-ring (bicyclic) bond motifs is 1. The van der Waals surface area contributed by atoms with Crippen LogP contribution in [0.1, 0.15) is 11.1 Å². The number of nitrogens with zero attached hydrogens (tertiary/aromatic N) is 2. The van der Waals surface area contributed by atoms with E-state index in [1.54, 1.807) is 12.3 Å². The molecule has 0 unspecified atom stereocenters. The first kappa shape index (κ1) is 11.0. The van der Waals surface area contributed by atoms with Gasteiger partial charge in [0.25, 0.3) is 0 Å². The van der Waals surface area contributed by atoms with E-state index in [0.717, 1.165) is 24.2 Å². The van der Waals surface area contributed by atoms with Gasteiger partial charge in [-0.3, -0.25) is 0 Å². The van der Waals surface area contributed by atoms with Crippen molar-refractivity contribution in [1.29, 1.82) is 0 Å². The summed E-state index contributed by atoms with van der Waals surface area (Å²) in [4.78, 5) is 6.07. The Kier molecular flexibility index (Phi) is 2.63. The fraction of sp³-hybridized carbons (Fsp3) is 0.214. The van der Waals surface area contributed by atoms with Gasteiger partial charge in [-0.2, -0.15) is 0 Å². The molecule has 92 valence electrons. The fourth-order valence-corrected chi connectivity index (χ4v) is 2.37. The largest absolute Gasteiger partial charge is 0.399 e. The maximum Gasteiger partial charge on any atom is 0.165 e. The summed E-state index contributed by atoms with van der Waals surface area (Å²) >= 11 is 0. The zero-order valence-electron chi connectivity index (χ0n) is 9.94. The Morgan fingerprint density at radius 1 is 1.22 bits per heavy atom. The molecule has 18 heavy (non-hydrogen) atoms. The molecule has 2 N–H and O–H groups in total. The van der Waals surface area contributed by atoms with Crippen molar-refractivity contribution >= 4 is 11.5 Å². The van der Waals surface area contributed by atoms with Crippen molar-refractivity contribution in [1.82, 2.24) is 4.98 Å². The Labute approximate surface area is 105 Å². The molecule has 0 amide bonds. The lowest BCUT2D eigenvalue weighted by molar-refractivity contribution is 0.601. The van der Waals surface area contributed by atoms with Crippen LogP contribution in [0.3, 0.4) is 0 Å². The van der Waals surface area contributed by atoms with E-state index in [1.165, 1.54) is 11.6 Å². The molecule has 0 spiro atoms. The van der Waals surface area contributed by atoms with Gasteiger partial charge < -0.3 is 10.6 Å². The zero-order valence-corrected chi connectivity index (χ0v) is 9.94. The molecule has 3 nitrogen and oxygen atoms in total. The Morgan fingerprint density at radius 3 is 2.94 bits per heavy atom. The van der Waals surface area contributed by atoms with E-state index in [2.05, 4.69) is 11.1 Å². The quantitative estimate of drug-likeness (QED) is 0.782. The van der Waals surface area contributed by atoms with Crippen molar-refractivity contribution in [3.05, 3.63) is 53.5 Å². The first-order valence-corrected chi connectivity index (χ1v) is 5.97. The standard InChI is InChI=1S/C14H14FN3/c15-13-2-1-6-17-14(13)18-7-5-10-3-4-12(16)8-11(10)9-18/h1-4,6,8H,5,7,9,16H2. The molecule has 0 saturated carbocycles. The highest BCUT2D eigenvalue weighted by Gasteiger charge is 2.19. The van der Waals surface area contributed by atoms with Crippen molar-refractivity contribution in [2.75, 3.05) is 17.2 Å². The number of aromatic nitrogens is 1. The average Bonchev–Trinajstić information content (AvgIpc) is 2.38. The molecule has 1 aliphatic rings. The second kappa shape index (κ2) is 4.29. The van der Waals surface area contributed by atoms with Crippen LogP contribution in [-0.2, 0) is 13.0 Å². The minimum absolute atomic E-state index is 0.273. The first-order valence-electron chi connectivity index (χ1n) is 5.97. The van der Waals surface area contributed by atoms with Crippen LogP contribution >= 0.6 is 0 Å². The van der Waals surface area contributed by atoms with E-state index in [0.29, 0.717) is 12.4 Å². The Bertz CT molecular complexity index is 583. The van der Waals surface area contributed by atoms with Gasteiger partial charge >= 0.3 is 0 Å². The summed E-state index contributed by atoms with van der Waals surface area (Å²) in [5, 5.41) is 0. The number of nitrogens with two attached hydrogens (primary N) is 1. The molecule has 0 fully saturated rings. The lowest BCUT2D eigenvalue weighted by Crippen LogP contribution is -2.31. The average molecular weight is 243 g/mol. The van der Waals surface area contributed by atoms with Gasteiger partial charge in [0, 0.05) is 25.0 Å². The molecule has 0 saturated heterocycles. The molecule has 1 aromatic carbocycles. The lowest BCUT2D eigenvalue weighted by atomic mass is 9.99. The fourth-order valence-electron chi connectivity index (χ4n) is 2.37. The molecule has 2 heterocycles. The van der Waals surface area contributed by atoms with Crippen molar-refractivity contribution < 1.29 is 4.39 Å². The van der Waals surface area contributed by atoms with E-state index in [9.17, 15) is 4.39 Å². The maximum absolute atomic E-state index is 13.7. The van der Waals surface area contributed by atoms with Crippen LogP contribution < -0.4 is 10.6 Å². The highest BCUT2D eigenvalue weighted by atomic mass is 19.1. The SMILES string of the molecule is Nc1ccc2c(c1)CN(c1ncccc1F)CC2. The summed E-state index contributed by atoms with van der Waals surface area (Å²) in [5.74, 6) is 0.149. The summed E-state index contributed by atoms with van der Waals surface area (Å²) < 4.78 is 13.7. The van der Waals surface area contributed by atoms with Crippen LogP contribution in [0.4, 0.5) is 15.9 Å². The van der Waals surface area contributed by atoms with Crippen molar-refractivity contribution in [3.8, 4) is 0 Å². The van der Waals surface area contributed by atoms with Gasteiger partial charge in [0.1, 0.15) is 0 Å². The van der Waals surface area contributed by atoms with Crippen LogP contribution in [0.15, 0.2) is 36.5 Å². The highest BCUT2D eigenvalue weighted by molar-refractivity contribution is 5.50. The van der Waals surface area contributed by atoms with Crippen LogP contribution in [-0.4, -0.2) is 11.5 Å². The van der Waals surface area contributed by atoms with Crippen LogP contribution in [0.5, 0.6) is 0 Å². The Morgan fingerprint density at radius 2 is 2.11 bits per heavy atom. The Hall–Kier alpha value is -2.10. The summed E-state index contributed by atoms with van der Waals surface area (Å²) in [6.45, 7) is 1.44. The number of rotatable bonds is 1. The molecule has 4 heteroatoms. The van der Waals surface area contributed by atoms with Crippen molar-refractivity contribution in [3.63, 3.8) is 0 Å². The summed E-state index contributed by atoms with van der Waals surface area (Å²) in [6, 6.07) is 8.97. The van der Waals surface area contributed by atoms with Gasteiger partial charge in [0.05, 0.1) is 0 Å². The molecule has 2 aromatic rings. The van der Waals surface area contributed by atoms with Gasteiger partial charge in [-0.1, -0.05) is 6.07 Å². The molecule has 1 aromatic heterocycles. The number of pyridine rings is 1. The van der Waals surface area contributed by atoms with E-state index in [4.69, 9.17) is 5.73 Å². The van der Waals surface area contributed by atoms with E-state index < -0.39 is 0 Å². The minimum atomic E-state index is -0.273. The van der Waals surface area contributed by atoms with Gasteiger partial charge in [0.2, 0.25) is 0 Å². The predicted octanol–water partition coefficient (Wildman–Crippen LogP) is 2.37. The van der Waals surface area contributed by atoms with Gasteiger partial charge in [-0.25, -0.2) is 9.37 Å². The van der Waals surface area contributed by atoms with Gasteiger partial charge in [0.15, 0.2) is 11.6 Å². The van der Waals surface area contributed by atoms with Crippen molar-refractivity contribution in [2.45, 2.75) is 13.0 Å². The highest BCUT2D eigenvalue weighted by Crippen LogP contribution is 2.25. The van der Waals surface area contributed by atoms with E-state index >= 15 is 0 Å². The second-order valence-electron chi connectivity index (χ2n) is 4.51. The third kappa shape index (κ3) is 1.90. The smallest absolute Gasteiger partial charge is 0.165 e. The summed E-state index contributed by atoms with van der Waals surface area (Å²) in [6.07, 6.45) is 2.51. The van der Waals surface area contributed by atoms with Crippen LogP contribution in [0, 0.1) is 5.82 Å². The minimum Gasteiger partial charge on any atom is -0.399 e. The third-order valence-electron chi connectivity index (χ3n) is 3.28. The number of halogens is 1. The molecule has 0 atom stereocenters. The third-order valence-corrected chi connectivity index (χ3v) is 3.28. The number of anilines is 2. The number of hydrogen-bond acceptors (Lipinski definition) is 3. The van der Waals surface area contributed by atoms with Gasteiger partial charge in [-0.05, 0) is 41.8 Å². The number of hydrogen-bond donors (Lipinski definition) is 1. The molecular formula is C14H14FN3. The maximum atomic E-state index is 13.7. The van der Waals surface area contributed by atoms with E-state index in [-0.39, 0.29) is 5.82 Å². The molecule has 0 radical (unpaired) electrons. The van der Waals surface area contributed by atoms with Crippen molar-refractivity contribution in [2.24, 2.45) is 0 Å². The van der Waals surface area contributed by atoms with E-state index in [1.807, 2.05) is 17.0 Å². The summed E-state index contributed by atoms with van der Waals surface area (Å²) in [5.41, 5.74) is 8.98. The normalized spacial score (nSPS) is 14.4. The first-order chi connectivity index (χ1) is 8.74. The molecule has 0 aliphatic carbocycles. The second-order valence-corrected chi connectivity index (χ2v) is 4.51. The predicted molar refractivity (Wildman–Crippen MR) is 69.8 cm³/mol. The number of benzene rings is 1. The Balaban J connectivity index is 1.93. The monoisotopic (exact) mass is 243 g/mol. The zero-order chi connectivity index (χ0) is 12.5. The molecule has 3 rings (SSSR count). The molecule has 0 bridgehead atoms. The topological polar surface area (TPSA) is 42.1 Å². The summed E-state index contributed by atoms with van der Waals surface area (Å²) in [7, 11) is 0.